The fourth-order valence-corrected chi connectivity index (χ4v) is 2.81. The molecule has 82 valence electrons. The van der Waals surface area contributed by atoms with Crippen LogP contribution in [0.5, 0.6) is 0 Å². The molecule has 0 saturated heterocycles. The first-order valence-corrected chi connectivity index (χ1v) is 6.03. The molecule has 1 saturated carbocycles. The molecule has 0 aliphatic heterocycles. The van der Waals surface area contributed by atoms with Gasteiger partial charge >= 0.3 is 0 Å². The highest BCUT2D eigenvalue weighted by molar-refractivity contribution is 5.79. The molecule has 1 rings (SSSR count). The summed E-state index contributed by atoms with van der Waals surface area (Å²) in [6.45, 7) is 9.21. The minimum Gasteiger partial charge on any atom is -0.300 e. The Balaban J connectivity index is 2.72. The van der Waals surface area contributed by atoms with E-state index in [0.29, 0.717) is 17.1 Å². The van der Waals surface area contributed by atoms with E-state index in [-0.39, 0.29) is 0 Å². The van der Waals surface area contributed by atoms with Crippen molar-refractivity contribution in [2.24, 2.45) is 17.3 Å². The molecule has 0 bridgehead atoms. The van der Waals surface area contributed by atoms with E-state index in [1.54, 1.807) is 0 Å². The van der Waals surface area contributed by atoms with Crippen LogP contribution in [0.4, 0.5) is 0 Å². The summed E-state index contributed by atoms with van der Waals surface area (Å²) in [7, 11) is 0. The van der Waals surface area contributed by atoms with E-state index in [1.807, 2.05) is 0 Å². The summed E-state index contributed by atoms with van der Waals surface area (Å²) in [5.74, 6) is 1.89. The zero-order chi connectivity index (χ0) is 10.8. The molecule has 14 heavy (non-hydrogen) atoms. The first-order chi connectivity index (χ1) is 6.51. The summed E-state index contributed by atoms with van der Waals surface area (Å²) in [5, 5.41) is 0. The molecule has 0 aromatic rings. The number of hydrogen-bond acceptors (Lipinski definition) is 1. The smallest absolute Gasteiger partial charge is 0.133 e. The lowest BCUT2D eigenvalue weighted by Crippen LogP contribution is -2.35. The lowest BCUT2D eigenvalue weighted by Gasteiger charge is -2.41. The molecule has 1 aliphatic rings. The number of carbonyl (C=O) groups is 1. The van der Waals surface area contributed by atoms with Gasteiger partial charge in [-0.2, -0.15) is 0 Å². The van der Waals surface area contributed by atoms with E-state index in [9.17, 15) is 4.79 Å². The Morgan fingerprint density at radius 2 is 2.00 bits per heavy atom. The Kier molecular flexibility index (Phi) is 3.74. The number of ketones is 1. The third-order valence-corrected chi connectivity index (χ3v) is 4.23. The second kappa shape index (κ2) is 4.46. The molecule has 0 aromatic heterocycles. The zero-order valence-corrected chi connectivity index (χ0v) is 10.1. The first-order valence-electron chi connectivity index (χ1n) is 6.03. The van der Waals surface area contributed by atoms with Crippen molar-refractivity contribution in [1.82, 2.24) is 0 Å². The van der Waals surface area contributed by atoms with Crippen LogP contribution >= 0.6 is 0 Å². The van der Waals surface area contributed by atoms with E-state index >= 15 is 0 Å². The molecule has 0 amide bonds. The standard InChI is InChI=1S/C13H24O/c1-5-10-9-11(14)7-8-12(10)13(3,4)6-2/h10,12H,5-9H2,1-4H3. The number of hydrogen-bond donors (Lipinski definition) is 0. The summed E-state index contributed by atoms with van der Waals surface area (Å²) in [6, 6.07) is 0. The maximum Gasteiger partial charge on any atom is 0.133 e. The lowest BCUT2D eigenvalue weighted by molar-refractivity contribution is -0.124. The Morgan fingerprint density at radius 1 is 1.36 bits per heavy atom. The van der Waals surface area contributed by atoms with Gasteiger partial charge < -0.3 is 0 Å². The maximum absolute atomic E-state index is 11.4. The summed E-state index contributed by atoms with van der Waals surface area (Å²) in [6.07, 6.45) is 5.18. The third-order valence-electron chi connectivity index (χ3n) is 4.23. The van der Waals surface area contributed by atoms with Crippen LogP contribution in [-0.2, 0) is 4.79 Å². The summed E-state index contributed by atoms with van der Waals surface area (Å²) in [4.78, 5) is 11.4. The minimum atomic E-state index is 0.418. The van der Waals surface area contributed by atoms with Gasteiger partial charge in [0, 0.05) is 12.8 Å². The van der Waals surface area contributed by atoms with Crippen molar-refractivity contribution in [2.75, 3.05) is 0 Å². The van der Waals surface area contributed by atoms with Gasteiger partial charge in [-0.15, -0.1) is 0 Å². The van der Waals surface area contributed by atoms with Crippen LogP contribution in [0.25, 0.3) is 0 Å². The highest BCUT2D eigenvalue weighted by atomic mass is 16.1. The third kappa shape index (κ3) is 2.37. The summed E-state index contributed by atoms with van der Waals surface area (Å²) in [5.41, 5.74) is 0.418. The highest BCUT2D eigenvalue weighted by Gasteiger charge is 2.37. The molecule has 1 heteroatoms. The van der Waals surface area contributed by atoms with Crippen LogP contribution in [0.1, 0.15) is 59.8 Å². The van der Waals surface area contributed by atoms with E-state index in [2.05, 4.69) is 27.7 Å². The summed E-state index contributed by atoms with van der Waals surface area (Å²) >= 11 is 0. The molecule has 1 nitrogen and oxygen atoms in total. The van der Waals surface area contributed by atoms with Crippen LogP contribution < -0.4 is 0 Å². The van der Waals surface area contributed by atoms with Crippen molar-refractivity contribution in [3.63, 3.8) is 0 Å². The van der Waals surface area contributed by atoms with Gasteiger partial charge in [-0.25, -0.2) is 0 Å². The van der Waals surface area contributed by atoms with Gasteiger partial charge in [0.1, 0.15) is 5.78 Å². The molecule has 1 fully saturated rings. The van der Waals surface area contributed by atoms with E-state index < -0.39 is 0 Å². The van der Waals surface area contributed by atoms with Crippen molar-refractivity contribution in [2.45, 2.75) is 59.8 Å². The predicted molar refractivity (Wildman–Crippen MR) is 60.2 cm³/mol. The normalized spacial score (nSPS) is 29.3. The van der Waals surface area contributed by atoms with Crippen LogP contribution in [0.2, 0.25) is 0 Å². The van der Waals surface area contributed by atoms with E-state index in [4.69, 9.17) is 0 Å². The largest absolute Gasteiger partial charge is 0.300 e. The van der Waals surface area contributed by atoms with Gasteiger partial charge in [-0.1, -0.05) is 40.5 Å². The van der Waals surface area contributed by atoms with Gasteiger partial charge in [-0.3, -0.25) is 4.79 Å². The first kappa shape index (κ1) is 11.7. The van der Waals surface area contributed by atoms with Crippen molar-refractivity contribution < 1.29 is 4.79 Å². The van der Waals surface area contributed by atoms with Crippen LogP contribution in [0, 0.1) is 17.3 Å². The van der Waals surface area contributed by atoms with Gasteiger partial charge in [-0.05, 0) is 23.7 Å². The van der Waals surface area contributed by atoms with Crippen LogP contribution in [0.3, 0.4) is 0 Å². The molecule has 2 atom stereocenters. The average molecular weight is 196 g/mol. The SMILES string of the molecule is CCC1CC(=O)CCC1C(C)(C)CC. The van der Waals surface area contributed by atoms with Crippen molar-refractivity contribution in [1.29, 1.82) is 0 Å². The number of carbonyl (C=O) groups excluding carboxylic acids is 1. The molecular formula is C13H24O. The Bertz CT molecular complexity index is 205. The Morgan fingerprint density at radius 3 is 2.50 bits per heavy atom. The molecule has 0 N–H and O–H groups in total. The van der Waals surface area contributed by atoms with Gasteiger partial charge in [0.2, 0.25) is 0 Å². The molecule has 0 aromatic carbocycles. The maximum atomic E-state index is 11.4. The van der Waals surface area contributed by atoms with Crippen molar-refractivity contribution >= 4 is 5.78 Å². The fraction of sp³-hybridized carbons (Fsp3) is 0.923. The second-order valence-corrected chi connectivity index (χ2v) is 5.40. The minimum absolute atomic E-state index is 0.418. The molecule has 0 radical (unpaired) electrons. The summed E-state index contributed by atoms with van der Waals surface area (Å²) < 4.78 is 0. The Hall–Kier alpha value is -0.330. The van der Waals surface area contributed by atoms with Gasteiger partial charge in [0.05, 0.1) is 0 Å². The highest BCUT2D eigenvalue weighted by Crippen LogP contribution is 2.44. The van der Waals surface area contributed by atoms with E-state index in [1.165, 1.54) is 12.8 Å². The molecule has 0 heterocycles. The average Bonchev–Trinajstić information content (AvgIpc) is 2.17. The van der Waals surface area contributed by atoms with Crippen LogP contribution in [0.15, 0.2) is 0 Å². The fourth-order valence-electron chi connectivity index (χ4n) is 2.81. The lowest BCUT2D eigenvalue weighted by atomic mass is 9.63. The number of rotatable bonds is 3. The quantitative estimate of drug-likeness (QED) is 0.670. The zero-order valence-electron chi connectivity index (χ0n) is 10.1. The van der Waals surface area contributed by atoms with Gasteiger partial charge in [0.25, 0.3) is 0 Å². The predicted octanol–water partition coefficient (Wildman–Crippen LogP) is 3.82. The van der Waals surface area contributed by atoms with Gasteiger partial charge in [0.15, 0.2) is 0 Å². The van der Waals surface area contributed by atoms with Crippen LogP contribution in [-0.4, -0.2) is 5.78 Å². The number of Topliss-reactive ketones (excluding diaryl/α,β-unsaturated/α-hetero) is 1. The Labute approximate surface area is 88.3 Å². The topological polar surface area (TPSA) is 17.1 Å². The molecule has 2 unspecified atom stereocenters. The monoisotopic (exact) mass is 196 g/mol. The molecular weight excluding hydrogens is 172 g/mol. The molecule has 1 aliphatic carbocycles. The molecule has 0 spiro atoms. The van der Waals surface area contributed by atoms with Crippen molar-refractivity contribution in [3.8, 4) is 0 Å². The van der Waals surface area contributed by atoms with Crippen molar-refractivity contribution in [3.05, 3.63) is 0 Å². The second-order valence-electron chi connectivity index (χ2n) is 5.40. The van der Waals surface area contributed by atoms with E-state index in [0.717, 1.165) is 25.2 Å².